The van der Waals surface area contributed by atoms with E-state index in [1.807, 2.05) is 0 Å². The van der Waals surface area contributed by atoms with Gasteiger partial charge in [-0.2, -0.15) is 13.2 Å². The lowest BCUT2D eigenvalue weighted by Gasteiger charge is -2.06. The minimum absolute atomic E-state index is 0.0705. The van der Waals surface area contributed by atoms with Crippen LogP contribution in [0.2, 0.25) is 0 Å². The first kappa shape index (κ1) is 16.0. The quantitative estimate of drug-likeness (QED) is 0.751. The lowest BCUT2D eigenvalue weighted by molar-refractivity contribution is -0.135. The van der Waals surface area contributed by atoms with Crippen LogP contribution in [0.5, 0.6) is 0 Å². The van der Waals surface area contributed by atoms with Crippen LogP contribution in [0.25, 0.3) is 0 Å². The Balaban J connectivity index is 2.39. The third-order valence-electron chi connectivity index (χ3n) is 2.28. The van der Waals surface area contributed by atoms with E-state index in [9.17, 15) is 21.6 Å². The van der Waals surface area contributed by atoms with Gasteiger partial charge in [-0.1, -0.05) is 0 Å². The fourth-order valence-corrected chi connectivity index (χ4v) is 2.36. The summed E-state index contributed by atoms with van der Waals surface area (Å²) in [7, 11) is -3.82. The summed E-state index contributed by atoms with van der Waals surface area (Å²) in [5, 5.41) is -0.288. The number of furan rings is 1. The van der Waals surface area contributed by atoms with Crippen LogP contribution >= 0.6 is 0 Å². The predicted octanol–water partition coefficient (Wildman–Crippen LogP) is 1.75. The second kappa shape index (κ2) is 6.40. The molecule has 0 aromatic carbocycles. The number of hydrogen-bond donors (Lipinski definition) is 2. The first-order valence-corrected chi connectivity index (χ1v) is 7.08. The van der Waals surface area contributed by atoms with E-state index >= 15 is 0 Å². The van der Waals surface area contributed by atoms with Crippen LogP contribution in [0.15, 0.2) is 21.6 Å². The summed E-state index contributed by atoms with van der Waals surface area (Å²) in [6.07, 6.45) is -5.16. The standard InChI is InChI=1S/C10H15F3N2O3S/c11-10(12,13)5-1-2-6-15-19(16,17)9-4-3-8(7-14)18-9/h3-4,15H,1-2,5-7,14H2. The molecule has 0 aliphatic carbocycles. The van der Waals surface area contributed by atoms with E-state index in [1.165, 1.54) is 12.1 Å². The molecule has 5 nitrogen and oxygen atoms in total. The SMILES string of the molecule is NCc1ccc(S(=O)(=O)NCCCCC(F)(F)F)o1. The summed E-state index contributed by atoms with van der Waals surface area (Å²) in [6.45, 7) is -0.00181. The number of alkyl halides is 3. The first-order chi connectivity index (χ1) is 8.74. The van der Waals surface area contributed by atoms with Crippen LogP contribution in [0.3, 0.4) is 0 Å². The summed E-state index contributed by atoms with van der Waals surface area (Å²) < 4.78 is 66.0. The maximum atomic E-state index is 11.9. The number of nitrogens with one attached hydrogen (secondary N) is 1. The molecular formula is C10H15F3N2O3S. The van der Waals surface area contributed by atoms with Gasteiger partial charge >= 0.3 is 6.18 Å². The molecule has 110 valence electrons. The molecule has 0 radical (unpaired) electrons. The molecule has 0 fully saturated rings. The van der Waals surface area contributed by atoms with Gasteiger partial charge in [0.1, 0.15) is 5.76 Å². The Hall–Kier alpha value is -1.06. The molecule has 1 aromatic rings. The number of nitrogens with two attached hydrogens (primary N) is 1. The zero-order valence-corrected chi connectivity index (χ0v) is 10.9. The lowest BCUT2D eigenvalue weighted by Crippen LogP contribution is -2.24. The lowest BCUT2D eigenvalue weighted by atomic mass is 10.2. The predicted molar refractivity (Wildman–Crippen MR) is 61.7 cm³/mol. The molecule has 0 spiro atoms. The molecule has 0 aliphatic heterocycles. The Morgan fingerprint density at radius 2 is 1.95 bits per heavy atom. The summed E-state index contributed by atoms with van der Waals surface area (Å²) in [5.74, 6) is 0.317. The Morgan fingerprint density at radius 3 is 2.47 bits per heavy atom. The molecule has 0 saturated carbocycles. The molecule has 1 aromatic heterocycles. The molecular weight excluding hydrogens is 285 g/mol. The van der Waals surface area contributed by atoms with Crippen LogP contribution in [0.1, 0.15) is 25.0 Å². The van der Waals surface area contributed by atoms with Crippen molar-refractivity contribution in [2.45, 2.75) is 37.1 Å². The van der Waals surface area contributed by atoms with Crippen molar-refractivity contribution in [3.63, 3.8) is 0 Å². The van der Waals surface area contributed by atoms with E-state index in [1.54, 1.807) is 0 Å². The van der Waals surface area contributed by atoms with Crippen molar-refractivity contribution in [3.8, 4) is 0 Å². The molecule has 0 bridgehead atoms. The number of hydrogen-bond acceptors (Lipinski definition) is 4. The largest absolute Gasteiger partial charge is 0.447 e. The molecule has 0 amide bonds. The van der Waals surface area contributed by atoms with Gasteiger partial charge in [0, 0.05) is 13.0 Å². The van der Waals surface area contributed by atoms with Crippen LogP contribution in [0, 0.1) is 0 Å². The molecule has 0 saturated heterocycles. The van der Waals surface area contributed by atoms with Crippen molar-refractivity contribution < 1.29 is 26.0 Å². The normalized spacial score (nSPS) is 12.8. The molecule has 3 N–H and O–H groups in total. The number of halogens is 3. The van der Waals surface area contributed by atoms with Gasteiger partial charge in [0.15, 0.2) is 0 Å². The van der Waals surface area contributed by atoms with E-state index in [4.69, 9.17) is 10.2 Å². The summed E-state index contributed by atoms with van der Waals surface area (Å²) in [4.78, 5) is 0. The molecule has 0 unspecified atom stereocenters. The molecule has 1 rings (SSSR count). The topological polar surface area (TPSA) is 85.3 Å². The zero-order chi connectivity index (χ0) is 14.5. The highest BCUT2D eigenvalue weighted by atomic mass is 32.2. The van der Waals surface area contributed by atoms with E-state index in [0.717, 1.165) is 0 Å². The highest BCUT2D eigenvalue weighted by molar-refractivity contribution is 7.89. The Bertz CT molecular complexity index is 496. The van der Waals surface area contributed by atoms with Crippen LogP contribution in [0.4, 0.5) is 13.2 Å². The third-order valence-corrected chi connectivity index (χ3v) is 3.62. The Morgan fingerprint density at radius 1 is 1.26 bits per heavy atom. The first-order valence-electron chi connectivity index (χ1n) is 5.60. The summed E-state index contributed by atoms with van der Waals surface area (Å²) in [6, 6.07) is 2.68. The second-order valence-corrected chi connectivity index (χ2v) is 5.59. The van der Waals surface area contributed by atoms with Crippen LogP contribution in [-0.2, 0) is 16.6 Å². The van der Waals surface area contributed by atoms with Crippen molar-refractivity contribution in [1.29, 1.82) is 0 Å². The van der Waals surface area contributed by atoms with Crippen molar-refractivity contribution in [2.75, 3.05) is 6.54 Å². The van der Waals surface area contributed by atoms with Crippen molar-refractivity contribution in [3.05, 3.63) is 17.9 Å². The maximum absolute atomic E-state index is 11.9. The van der Waals surface area contributed by atoms with Gasteiger partial charge in [-0.3, -0.25) is 0 Å². The average molecular weight is 300 g/mol. The third kappa shape index (κ3) is 5.62. The molecule has 1 heterocycles. The van der Waals surface area contributed by atoms with E-state index in [0.29, 0.717) is 5.76 Å². The molecule has 9 heteroatoms. The van der Waals surface area contributed by atoms with Crippen molar-refractivity contribution in [2.24, 2.45) is 5.73 Å². The fourth-order valence-electron chi connectivity index (χ4n) is 1.34. The number of rotatable bonds is 7. The second-order valence-electron chi connectivity index (χ2n) is 3.89. The van der Waals surface area contributed by atoms with Gasteiger partial charge in [0.25, 0.3) is 10.0 Å². The number of unbranched alkanes of at least 4 members (excludes halogenated alkanes) is 1. The van der Waals surface area contributed by atoms with Gasteiger partial charge in [-0.25, -0.2) is 13.1 Å². The van der Waals surface area contributed by atoms with Gasteiger partial charge in [0.2, 0.25) is 5.09 Å². The molecule has 19 heavy (non-hydrogen) atoms. The monoisotopic (exact) mass is 300 g/mol. The van der Waals surface area contributed by atoms with Gasteiger partial charge in [-0.05, 0) is 25.0 Å². The van der Waals surface area contributed by atoms with Crippen LogP contribution < -0.4 is 10.5 Å². The highest BCUT2D eigenvalue weighted by Crippen LogP contribution is 2.22. The Labute approximate surface area is 109 Å². The molecule has 0 atom stereocenters. The van der Waals surface area contributed by atoms with Crippen molar-refractivity contribution in [1.82, 2.24) is 4.72 Å². The number of sulfonamides is 1. The van der Waals surface area contributed by atoms with Gasteiger partial charge in [0.05, 0.1) is 6.54 Å². The average Bonchev–Trinajstić information content (AvgIpc) is 2.76. The van der Waals surface area contributed by atoms with Crippen LogP contribution in [-0.4, -0.2) is 21.1 Å². The minimum atomic E-state index is -4.21. The zero-order valence-electron chi connectivity index (χ0n) is 10.0. The van der Waals surface area contributed by atoms with Gasteiger partial charge in [-0.15, -0.1) is 0 Å². The van der Waals surface area contributed by atoms with E-state index in [2.05, 4.69) is 4.72 Å². The minimum Gasteiger partial charge on any atom is -0.447 e. The van der Waals surface area contributed by atoms with E-state index in [-0.39, 0.29) is 31.0 Å². The fraction of sp³-hybridized carbons (Fsp3) is 0.600. The molecule has 0 aliphatic rings. The maximum Gasteiger partial charge on any atom is 0.389 e. The van der Waals surface area contributed by atoms with Gasteiger partial charge < -0.3 is 10.2 Å². The Kier molecular flexibility index (Phi) is 5.39. The summed E-state index contributed by atoms with van der Waals surface area (Å²) in [5.41, 5.74) is 5.27. The highest BCUT2D eigenvalue weighted by Gasteiger charge is 2.26. The smallest absolute Gasteiger partial charge is 0.389 e. The van der Waals surface area contributed by atoms with Crippen molar-refractivity contribution >= 4 is 10.0 Å². The summed E-state index contributed by atoms with van der Waals surface area (Å²) >= 11 is 0. The van der Waals surface area contributed by atoms with E-state index < -0.39 is 22.6 Å².